The molecule has 0 saturated carbocycles. The summed E-state index contributed by atoms with van der Waals surface area (Å²) in [5, 5.41) is 11.8. The van der Waals surface area contributed by atoms with Gasteiger partial charge >= 0.3 is 5.97 Å². The van der Waals surface area contributed by atoms with E-state index in [2.05, 4.69) is 5.32 Å². The van der Waals surface area contributed by atoms with Crippen LogP contribution in [0.25, 0.3) is 0 Å². The highest BCUT2D eigenvalue weighted by molar-refractivity contribution is 5.94. The van der Waals surface area contributed by atoms with Gasteiger partial charge in [-0.1, -0.05) is 12.1 Å². The van der Waals surface area contributed by atoms with E-state index in [-0.39, 0.29) is 5.56 Å². The van der Waals surface area contributed by atoms with Gasteiger partial charge in [0.05, 0.1) is 5.56 Å². The first-order chi connectivity index (χ1) is 7.40. The van der Waals surface area contributed by atoms with Crippen LogP contribution in [0.2, 0.25) is 0 Å². The average Bonchev–Trinajstić information content (AvgIpc) is 2.16. The number of para-hydroxylation sites is 1. The lowest BCUT2D eigenvalue weighted by Gasteiger charge is -2.15. The summed E-state index contributed by atoms with van der Waals surface area (Å²) < 4.78 is 13.2. The topological polar surface area (TPSA) is 49.3 Å². The largest absolute Gasteiger partial charge is 0.478 e. The Morgan fingerprint density at radius 2 is 2.06 bits per heavy atom. The Balaban J connectivity index is 2.64. The van der Waals surface area contributed by atoms with Gasteiger partial charge in [0, 0.05) is 12.2 Å². The lowest BCUT2D eigenvalue weighted by molar-refractivity contribution is 0.0698. The van der Waals surface area contributed by atoms with Crippen LogP contribution in [0.4, 0.5) is 10.1 Å². The number of benzene rings is 1. The molecule has 0 heterocycles. The van der Waals surface area contributed by atoms with Crippen LogP contribution in [-0.4, -0.2) is 23.3 Å². The van der Waals surface area contributed by atoms with E-state index in [1.54, 1.807) is 18.2 Å². The van der Waals surface area contributed by atoms with Crippen molar-refractivity contribution in [2.45, 2.75) is 25.9 Å². The van der Waals surface area contributed by atoms with Crippen molar-refractivity contribution >= 4 is 11.7 Å². The fourth-order valence-corrected chi connectivity index (χ4v) is 1.32. The van der Waals surface area contributed by atoms with E-state index < -0.39 is 11.6 Å². The number of nitrogens with one attached hydrogen (secondary N) is 1. The molecule has 0 aliphatic heterocycles. The van der Waals surface area contributed by atoms with Crippen LogP contribution >= 0.6 is 0 Å². The number of anilines is 1. The van der Waals surface area contributed by atoms with E-state index in [0.29, 0.717) is 18.7 Å². The van der Waals surface area contributed by atoms with E-state index in [1.807, 2.05) is 0 Å². The number of carbonyl (C=O) groups is 1. The number of aromatic carboxylic acids is 1. The smallest absolute Gasteiger partial charge is 0.337 e. The molecule has 88 valence electrons. The minimum atomic E-state index is -1.24. The maximum absolute atomic E-state index is 13.2. The van der Waals surface area contributed by atoms with Crippen LogP contribution in [0.5, 0.6) is 0 Å². The molecule has 2 N–H and O–H groups in total. The van der Waals surface area contributed by atoms with E-state index in [9.17, 15) is 9.18 Å². The molecule has 1 rings (SSSR count). The molecule has 0 aromatic heterocycles. The molecule has 3 nitrogen and oxygen atoms in total. The van der Waals surface area contributed by atoms with Crippen molar-refractivity contribution in [3.63, 3.8) is 0 Å². The van der Waals surface area contributed by atoms with Gasteiger partial charge in [-0.3, -0.25) is 0 Å². The molecular weight excluding hydrogens is 209 g/mol. The Kier molecular flexibility index (Phi) is 3.88. The summed E-state index contributed by atoms with van der Waals surface area (Å²) in [6.07, 6.45) is 0.334. The molecule has 0 fully saturated rings. The van der Waals surface area contributed by atoms with Crippen LogP contribution in [0.3, 0.4) is 0 Å². The van der Waals surface area contributed by atoms with Crippen LogP contribution < -0.4 is 5.32 Å². The highest BCUT2D eigenvalue weighted by atomic mass is 19.1. The monoisotopic (exact) mass is 225 g/mol. The Morgan fingerprint density at radius 1 is 1.44 bits per heavy atom. The molecule has 0 spiro atoms. The summed E-state index contributed by atoms with van der Waals surface area (Å²) in [5.41, 5.74) is -0.510. The average molecular weight is 225 g/mol. The summed E-state index contributed by atoms with van der Waals surface area (Å²) in [4.78, 5) is 10.9. The number of carboxylic acid groups (broad SMARTS) is 1. The highest BCUT2D eigenvalue weighted by Gasteiger charge is 2.15. The first-order valence-corrected chi connectivity index (χ1v) is 5.15. The summed E-state index contributed by atoms with van der Waals surface area (Å²) >= 11 is 0. The lowest BCUT2D eigenvalue weighted by Crippen LogP contribution is -2.18. The van der Waals surface area contributed by atoms with Crippen molar-refractivity contribution in [1.29, 1.82) is 0 Å². The standard InChI is InChI=1S/C12H16FNO2/c1-12(2,13)7-8-14-10-6-4-3-5-9(10)11(15)16/h3-6,14H,7-8H2,1-2H3,(H,15,16). The van der Waals surface area contributed by atoms with Crippen LogP contribution in [0.1, 0.15) is 30.6 Å². The van der Waals surface area contributed by atoms with Crippen LogP contribution in [-0.2, 0) is 0 Å². The third kappa shape index (κ3) is 3.88. The second kappa shape index (κ2) is 4.96. The van der Waals surface area contributed by atoms with Crippen molar-refractivity contribution in [2.75, 3.05) is 11.9 Å². The molecule has 0 saturated heterocycles. The number of hydrogen-bond donors (Lipinski definition) is 2. The van der Waals surface area contributed by atoms with Crippen molar-refractivity contribution in [3.8, 4) is 0 Å². The van der Waals surface area contributed by atoms with Crippen LogP contribution in [0, 0.1) is 0 Å². The third-order valence-electron chi connectivity index (χ3n) is 2.19. The van der Waals surface area contributed by atoms with Gasteiger partial charge < -0.3 is 10.4 Å². The Morgan fingerprint density at radius 3 is 2.62 bits per heavy atom. The van der Waals surface area contributed by atoms with Gasteiger partial charge in [-0.2, -0.15) is 0 Å². The van der Waals surface area contributed by atoms with Crippen molar-refractivity contribution < 1.29 is 14.3 Å². The first kappa shape index (κ1) is 12.5. The molecule has 16 heavy (non-hydrogen) atoms. The third-order valence-corrected chi connectivity index (χ3v) is 2.19. The number of hydrogen-bond acceptors (Lipinski definition) is 2. The van der Waals surface area contributed by atoms with Crippen molar-refractivity contribution in [1.82, 2.24) is 0 Å². The normalized spacial score (nSPS) is 11.2. The molecule has 1 aromatic carbocycles. The SMILES string of the molecule is CC(C)(F)CCNc1ccccc1C(=O)O. The predicted octanol–water partition coefficient (Wildman–Crippen LogP) is 2.93. The lowest BCUT2D eigenvalue weighted by atomic mass is 10.1. The van der Waals surface area contributed by atoms with E-state index in [1.165, 1.54) is 19.9 Å². The Labute approximate surface area is 94.3 Å². The zero-order valence-electron chi connectivity index (χ0n) is 9.46. The number of rotatable bonds is 5. The molecule has 0 unspecified atom stereocenters. The van der Waals surface area contributed by atoms with Gasteiger partial charge in [0.2, 0.25) is 0 Å². The maximum Gasteiger partial charge on any atom is 0.337 e. The Bertz CT molecular complexity index is 372. The maximum atomic E-state index is 13.2. The van der Waals surface area contributed by atoms with Gasteiger partial charge in [0.15, 0.2) is 0 Å². The van der Waals surface area contributed by atoms with Gasteiger partial charge in [0.1, 0.15) is 5.67 Å². The molecule has 0 bridgehead atoms. The number of carboxylic acids is 1. The van der Waals surface area contributed by atoms with Crippen LogP contribution in [0.15, 0.2) is 24.3 Å². The van der Waals surface area contributed by atoms with E-state index in [4.69, 9.17) is 5.11 Å². The van der Waals surface area contributed by atoms with E-state index >= 15 is 0 Å². The van der Waals surface area contributed by atoms with Crippen molar-refractivity contribution in [2.24, 2.45) is 0 Å². The molecule has 0 radical (unpaired) electrons. The number of alkyl halides is 1. The fourth-order valence-electron chi connectivity index (χ4n) is 1.32. The number of halogens is 1. The minimum Gasteiger partial charge on any atom is -0.478 e. The fraction of sp³-hybridized carbons (Fsp3) is 0.417. The second-order valence-electron chi connectivity index (χ2n) is 4.25. The zero-order chi connectivity index (χ0) is 12.2. The summed E-state index contributed by atoms with van der Waals surface area (Å²) in [6, 6.07) is 6.60. The highest BCUT2D eigenvalue weighted by Crippen LogP contribution is 2.17. The minimum absolute atomic E-state index is 0.208. The predicted molar refractivity (Wildman–Crippen MR) is 61.7 cm³/mol. The van der Waals surface area contributed by atoms with Gasteiger partial charge in [-0.25, -0.2) is 9.18 Å². The molecule has 0 aliphatic rings. The van der Waals surface area contributed by atoms with Gasteiger partial charge in [0.25, 0.3) is 0 Å². The second-order valence-corrected chi connectivity index (χ2v) is 4.25. The van der Waals surface area contributed by atoms with Gasteiger partial charge in [-0.05, 0) is 32.4 Å². The summed E-state index contributed by atoms with van der Waals surface area (Å²) in [6.45, 7) is 3.41. The molecule has 0 aliphatic carbocycles. The van der Waals surface area contributed by atoms with E-state index in [0.717, 1.165) is 0 Å². The summed E-state index contributed by atoms with van der Waals surface area (Å²) in [7, 11) is 0. The molecule has 1 aromatic rings. The Hall–Kier alpha value is -1.58. The zero-order valence-corrected chi connectivity index (χ0v) is 9.46. The molecular formula is C12H16FNO2. The van der Waals surface area contributed by atoms with Crippen molar-refractivity contribution in [3.05, 3.63) is 29.8 Å². The molecule has 0 amide bonds. The summed E-state index contributed by atoms with van der Waals surface area (Å²) in [5.74, 6) is -0.984. The molecule has 4 heteroatoms. The van der Waals surface area contributed by atoms with Gasteiger partial charge in [-0.15, -0.1) is 0 Å². The molecule has 0 atom stereocenters. The quantitative estimate of drug-likeness (QED) is 0.810. The first-order valence-electron chi connectivity index (χ1n) is 5.15.